The van der Waals surface area contributed by atoms with E-state index in [9.17, 15) is 34.5 Å². The lowest BCUT2D eigenvalue weighted by Crippen LogP contribution is -2.54. The number of nitrogens with zero attached hydrogens (tertiary/aromatic N) is 3. The normalized spacial score (nSPS) is 22.3. The molecule has 4 atom stereocenters. The van der Waals surface area contributed by atoms with E-state index >= 15 is 4.39 Å². The standard InChI is InChI=1S/C30H38FN3O8/c1-16-12-33(6-5-32(16)13-22(38)9-20(36)7-19(35)8-21(37)10-23-15-42-23)26-11-25-27(17(2)28(26)31)29(39)24(30(40)41)14-34(25)18-3-4-18/h11,14,16,18-19,22-23,35,38H,3-10,12-13,15H2,1-2H3,(H,40,41). The quantitative estimate of drug-likeness (QED) is 0.296. The van der Waals surface area contributed by atoms with Crippen molar-refractivity contribution in [3.63, 3.8) is 0 Å². The Hall–Kier alpha value is -3.19. The van der Waals surface area contributed by atoms with E-state index in [0.29, 0.717) is 37.4 Å². The predicted molar refractivity (Wildman–Crippen MR) is 152 cm³/mol. The van der Waals surface area contributed by atoms with E-state index in [1.54, 1.807) is 10.6 Å². The van der Waals surface area contributed by atoms with Crippen molar-refractivity contribution < 1.29 is 38.8 Å². The number of ketones is 2. The molecule has 4 unspecified atom stereocenters. The van der Waals surface area contributed by atoms with Gasteiger partial charge in [-0.1, -0.05) is 0 Å². The zero-order chi connectivity index (χ0) is 30.3. The third kappa shape index (κ3) is 6.72. The maximum atomic E-state index is 15.7. The fourth-order valence-electron chi connectivity index (χ4n) is 5.98. The molecule has 3 aliphatic rings. The molecule has 2 aliphatic heterocycles. The first-order valence-corrected chi connectivity index (χ1v) is 14.5. The number of aryl methyl sites for hydroxylation is 1. The molecule has 3 heterocycles. The number of carboxylic acid groups (broad SMARTS) is 1. The van der Waals surface area contributed by atoms with Crippen LogP contribution in [0.1, 0.15) is 67.4 Å². The average Bonchev–Trinajstić information content (AvgIpc) is 3.83. The van der Waals surface area contributed by atoms with Crippen LogP contribution in [0.2, 0.25) is 0 Å². The summed E-state index contributed by atoms with van der Waals surface area (Å²) in [6, 6.07) is 1.63. The lowest BCUT2D eigenvalue weighted by atomic mass is 10.0. The zero-order valence-corrected chi connectivity index (χ0v) is 23.9. The molecule has 0 bridgehead atoms. The maximum Gasteiger partial charge on any atom is 0.341 e. The summed E-state index contributed by atoms with van der Waals surface area (Å²) in [6.45, 7) is 5.62. The minimum absolute atomic E-state index is 0.0664. The molecular weight excluding hydrogens is 549 g/mol. The smallest absolute Gasteiger partial charge is 0.341 e. The molecule has 0 radical (unpaired) electrons. The molecule has 0 amide bonds. The van der Waals surface area contributed by atoms with E-state index < -0.39 is 29.4 Å². The number of aliphatic hydroxyl groups is 2. The lowest BCUT2D eigenvalue weighted by molar-refractivity contribution is -0.125. The SMILES string of the molecule is Cc1c(F)c(N2CCN(CC(O)CC(=O)CC(O)CC(=O)CC3CO3)C(C)C2)cc2c1c(=O)c(C(=O)O)cn2C1CC1. The van der Waals surface area contributed by atoms with Gasteiger partial charge >= 0.3 is 5.97 Å². The molecule has 3 fully saturated rings. The summed E-state index contributed by atoms with van der Waals surface area (Å²) in [7, 11) is 0. The summed E-state index contributed by atoms with van der Waals surface area (Å²) >= 11 is 0. The molecule has 1 aromatic carbocycles. The Labute approximate surface area is 242 Å². The van der Waals surface area contributed by atoms with Gasteiger partial charge in [0.15, 0.2) is 0 Å². The fourth-order valence-corrected chi connectivity index (χ4v) is 5.98. The Kier molecular flexibility index (Phi) is 8.79. The number of hydrogen-bond acceptors (Lipinski definition) is 9. The van der Waals surface area contributed by atoms with Gasteiger partial charge in [-0.3, -0.25) is 19.3 Å². The molecule has 5 rings (SSSR count). The Morgan fingerprint density at radius 3 is 2.38 bits per heavy atom. The second-order valence-corrected chi connectivity index (χ2v) is 12.0. The number of epoxide rings is 1. The predicted octanol–water partition coefficient (Wildman–Crippen LogP) is 1.81. The van der Waals surface area contributed by atoms with Crippen molar-refractivity contribution >= 4 is 34.1 Å². The van der Waals surface area contributed by atoms with Crippen LogP contribution < -0.4 is 10.3 Å². The molecule has 12 heteroatoms. The van der Waals surface area contributed by atoms with Gasteiger partial charge in [0.2, 0.25) is 5.43 Å². The summed E-state index contributed by atoms with van der Waals surface area (Å²) in [5.41, 5.74) is -0.0634. The van der Waals surface area contributed by atoms with Crippen LogP contribution in [0.25, 0.3) is 10.9 Å². The number of fused-ring (bicyclic) bond motifs is 1. The van der Waals surface area contributed by atoms with Gasteiger partial charge in [-0.2, -0.15) is 0 Å². The van der Waals surface area contributed by atoms with Crippen LogP contribution in [-0.2, 0) is 14.3 Å². The van der Waals surface area contributed by atoms with E-state index in [0.717, 1.165) is 12.8 Å². The van der Waals surface area contributed by atoms with Gasteiger partial charge < -0.3 is 29.5 Å². The summed E-state index contributed by atoms with van der Waals surface area (Å²) in [5, 5.41) is 30.3. The number of halogens is 1. The second kappa shape index (κ2) is 12.2. The Morgan fingerprint density at radius 1 is 1.10 bits per heavy atom. The van der Waals surface area contributed by atoms with Gasteiger partial charge in [-0.05, 0) is 32.8 Å². The van der Waals surface area contributed by atoms with Crippen LogP contribution in [0.5, 0.6) is 0 Å². The van der Waals surface area contributed by atoms with E-state index in [-0.39, 0.29) is 78.5 Å². The van der Waals surface area contributed by atoms with Gasteiger partial charge in [0.05, 0.1) is 41.5 Å². The molecule has 2 aromatic rings. The van der Waals surface area contributed by atoms with Gasteiger partial charge in [-0.25, -0.2) is 9.18 Å². The molecule has 0 spiro atoms. The number of aliphatic hydroxyl groups excluding tert-OH is 2. The highest BCUT2D eigenvalue weighted by molar-refractivity contribution is 5.95. The van der Waals surface area contributed by atoms with Crippen LogP contribution >= 0.6 is 0 Å². The number of rotatable bonds is 13. The number of carbonyl (C=O) groups excluding carboxylic acids is 2. The van der Waals surface area contributed by atoms with Crippen molar-refractivity contribution in [3.8, 4) is 0 Å². The molecule has 2 saturated heterocycles. The number of β-amino-alcohol motifs (C(OH)–C–C–N with tert-alkyl or cyclic N) is 1. The number of piperazine rings is 1. The monoisotopic (exact) mass is 587 g/mol. The number of carboxylic acids is 1. The Balaban J connectivity index is 1.22. The molecule has 1 aromatic heterocycles. The second-order valence-electron chi connectivity index (χ2n) is 12.0. The van der Waals surface area contributed by atoms with E-state index in [1.807, 2.05) is 16.7 Å². The molecule has 11 nitrogen and oxygen atoms in total. The molecule has 3 N–H and O–H groups in total. The van der Waals surface area contributed by atoms with Gasteiger partial charge in [-0.15, -0.1) is 0 Å². The Morgan fingerprint density at radius 2 is 1.76 bits per heavy atom. The van der Waals surface area contributed by atoms with Crippen LogP contribution in [0.15, 0.2) is 17.1 Å². The van der Waals surface area contributed by atoms with E-state index in [2.05, 4.69) is 0 Å². The van der Waals surface area contributed by atoms with Crippen molar-refractivity contribution in [1.82, 2.24) is 9.47 Å². The highest BCUT2D eigenvalue weighted by Crippen LogP contribution is 2.39. The van der Waals surface area contributed by atoms with Crippen molar-refractivity contribution in [2.24, 2.45) is 0 Å². The van der Waals surface area contributed by atoms with Crippen LogP contribution in [-0.4, -0.2) is 99.5 Å². The number of carbonyl (C=O) groups is 3. The molecule has 1 saturated carbocycles. The highest BCUT2D eigenvalue weighted by atomic mass is 19.1. The first-order valence-electron chi connectivity index (χ1n) is 14.5. The fraction of sp³-hybridized carbons (Fsp3) is 0.600. The minimum atomic E-state index is -1.33. The van der Waals surface area contributed by atoms with Crippen LogP contribution in [0.3, 0.4) is 0 Å². The van der Waals surface area contributed by atoms with E-state index in [4.69, 9.17) is 4.74 Å². The summed E-state index contributed by atoms with van der Waals surface area (Å²) in [4.78, 5) is 52.9. The summed E-state index contributed by atoms with van der Waals surface area (Å²) in [5.74, 6) is -2.36. The highest BCUT2D eigenvalue weighted by Gasteiger charge is 2.32. The number of ether oxygens (including phenoxy) is 1. The number of pyridine rings is 1. The van der Waals surface area contributed by atoms with Crippen molar-refractivity contribution in [3.05, 3.63) is 39.4 Å². The van der Waals surface area contributed by atoms with Crippen molar-refractivity contribution in [1.29, 1.82) is 0 Å². The first kappa shape index (κ1) is 30.3. The third-order valence-electron chi connectivity index (χ3n) is 8.45. The maximum absolute atomic E-state index is 15.7. The molecule has 42 heavy (non-hydrogen) atoms. The number of hydrogen-bond donors (Lipinski definition) is 3. The summed E-state index contributed by atoms with van der Waals surface area (Å²) in [6.07, 6.45) is 0.785. The average molecular weight is 588 g/mol. The number of benzene rings is 1. The summed E-state index contributed by atoms with van der Waals surface area (Å²) < 4.78 is 22.5. The third-order valence-corrected chi connectivity index (χ3v) is 8.45. The number of aromatic carboxylic acids is 1. The van der Waals surface area contributed by atoms with Crippen molar-refractivity contribution in [2.75, 3.05) is 37.7 Å². The first-order chi connectivity index (χ1) is 19.9. The van der Waals surface area contributed by atoms with Crippen LogP contribution in [0, 0.1) is 12.7 Å². The lowest BCUT2D eigenvalue weighted by Gasteiger charge is -2.42. The van der Waals surface area contributed by atoms with E-state index in [1.165, 1.54) is 13.1 Å². The van der Waals surface area contributed by atoms with Gasteiger partial charge in [0.25, 0.3) is 0 Å². The molecule has 228 valence electrons. The number of anilines is 1. The van der Waals surface area contributed by atoms with Crippen LogP contribution in [0.4, 0.5) is 10.1 Å². The van der Waals surface area contributed by atoms with Gasteiger partial charge in [0.1, 0.15) is 22.9 Å². The zero-order valence-electron chi connectivity index (χ0n) is 23.9. The number of Topliss-reactive ketones (excluding diaryl/α,β-unsaturated/α-hetero) is 2. The topological polar surface area (TPSA) is 153 Å². The molecule has 1 aliphatic carbocycles. The molecular formula is C30H38FN3O8. The minimum Gasteiger partial charge on any atom is -0.477 e. The van der Waals surface area contributed by atoms with Gasteiger partial charge in [0, 0.05) is 75.7 Å². The largest absolute Gasteiger partial charge is 0.477 e. The Bertz CT molecular complexity index is 1450. The number of aromatic nitrogens is 1. The van der Waals surface area contributed by atoms with Crippen molar-refractivity contribution in [2.45, 2.75) is 82.8 Å².